The number of hydrogen-bond acceptors (Lipinski definition) is 4. The fraction of sp³-hybridized carbons (Fsp3) is 0.643. The van der Waals surface area contributed by atoms with Crippen LogP contribution in [-0.4, -0.2) is 42.2 Å². The van der Waals surface area contributed by atoms with Crippen LogP contribution in [0.5, 0.6) is 0 Å². The summed E-state index contributed by atoms with van der Waals surface area (Å²) in [5, 5.41) is 0. The third kappa shape index (κ3) is 3.28. The highest BCUT2D eigenvalue weighted by molar-refractivity contribution is 5.15. The van der Waals surface area contributed by atoms with E-state index in [0.717, 1.165) is 32.5 Å². The van der Waals surface area contributed by atoms with Crippen molar-refractivity contribution < 1.29 is 4.74 Å². The van der Waals surface area contributed by atoms with Gasteiger partial charge in [-0.2, -0.15) is 0 Å². The first-order chi connectivity index (χ1) is 8.85. The lowest BCUT2D eigenvalue weighted by Crippen LogP contribution is -2.41. The molecule has 18 heavy (non-hydrogen) atoms. The van der Waals surface area contributed by atoms with Gasteiger partial charge in [-0.1, -0.05) is 0 Å². The van der Waals surface area contributed by atoms with E-state index in [1.807, 2.05) is 12.4 Å². The van der Waals surface area contributed by atoms with E-state index in [9.17, 15) is 0 Å². The van der Waals surface area contributed by atoms with Gasteiger partial charge < -0.3 is 10.5 Å². The molecule has 2 N–H and O–H groups in total. The Bertz CT molecular complexity index is 336. The van der Waals surface area contributed by atoms with E-state index in [0.29, 0.717) is 18.7 Å². The molecular formula is C14H23N3O. The van der Waals surface area contributed by atoms with Crippen LogP contribution >= 0.6 is 0 Å². The molecule has 0 saturated carbocycles. The highest BCUT2D eigenvalue weighted by Gasteiger charge is 2.25. The molecule has 0 spiro atoms. The lowest BCUT2D eigenvalue weighted by Gasteiger charge is -2.37. The minimum Gasteiger partial charge on any atom is -0.378 e. The summed E-state index contributed by atoms with van der Waals surface area (Å²) in [4.78, 5) is 6.53. The van der Waals surface area contributed by atoms with Crippen LogP contribution in [-0.2, 0) is 4.74 Å². The van der Waals surface area contributed by atoms with Crippen molar-refractivity contribution in [2.24, 2.45) is 5.73 Å². The number of ether oxygens (including phenoxy) is 1. The van der Waals surface area contributed by atoms with Gasteiger partial charge in [0, 0.05) is 44.7 Å². The molecule has 2 rings (SSSR count). The van der Waals surface area contributed by atoms with E-state index in [-0.39, 0.29) is 0 Å². The van der Waals surface area contributed by atoms with Crippen LogP contribution in [0.25, 0.3) is 0 Å². The van der Waals surface area contributed by atoms with Gasteiger partial charge >= 0.3 is 0 Å². The van der Waals surface area contributed by atoms with Crippen molar-refractivity contribution >= 4 is 0 Å². The van der Waals surface area contributed by atoms with E-state index in [1.54, 1.807) is 0 Å². The predicted molar refractivity (Wildman–Crippen MR) is 72.3 cm³/mol. The minimum absolute atomic E-state index is 0.315. The Morgan fingerprint density at radius 3 is 2.61 bits per heavy atom. The third-order valence-electron chi connectivity index (χ3n) is 3.63. The topological polar surface area (TPSA) is 51.4 Å². The van der Waals surface area contributed by atoms with Crippen LogP contribution in [0.3, 0.4) is 0 Å². The SMILES string of the molecule is CCOC1CCN(C(CN)c2ccncc2)CC1. The van der Waals surface area contributed by atoms with Crippen LogP contribution in [0.1, 0.15) is 31.4 Å². The van der Waals surface area contributed by atoms with E-state index in [4.69, 9.17) is 10.5 Å². The Morgan fingerprint density at radius 2 is 2.06 bits per heavy atom. The summed E-state index contributed by atoms with van der Waals surface area (Å²) in [6.07, 6.45) is 6.32. The van der Waals surface area contributed by atoms with Gasteiger partial charge in [0.05, 0.1) is 6.10 Å². The summed E-state index contributed by atoms with van der Waals surface area (Å²) in [7, 11) is 0. The second-order valence-corrected chi connectivity index (χ2v) is 4.72. The quantitative estimate of drug-likeness (QED) is 0.861. The molecule has 1 unspecified atom stereocenters. The standard InChI is InChI=1S/C14H23N3O/c1-2-18-13-5-9-17(10-6-13)14(11-15)12-3-7-16-8-4-12/h3-4,7-8,13-14H,2,5-6,9-11,15H2,1H3. The molecule has 0 radical (unpaired) electrons. The molecule has 0 bridgehead atoms. The molecule has 0 amide bonds. The van der Waals surface area contributed by atoms with Crippen LogP contribution in [0.4, 0.5) is 0 Å². The van der Waals surface area contributed by atoms with E-state index < -0.39 is 0 Å². The van der Waals surface area contributed by atoms with Gasteiger partial charge in [-0.25, -0.2) is 0 Å². The fourth-order valence-electron chi connectivity index (χ4n) is 2.67. The van der Waals surface area contributed by atoms with Crippen molar-refractivity contribution in [1.82, 2.24) is 9.88 Å². The van der Waals surface area contributed by atoms with Crippen molar-refractivity contribution in [3.8, 4) is 0 Å². The summed E-state index contributed by atoms with van der Waals surface area (Å²) < 4.78 is 5.68. The summed E-state index contributed by atoms with van der Waals surface area (Å²) in [6.45, 7) is 5.66. The van der Waals surface area contributed by atoms with Crippen LogP contribution in [0.2, 0.25) is 0 Å². The average molecular weight is 249 g/mol. The van der Waals surface area contributed by atoms with Crippen molar-refractivity contribution in [3.63, 3.8) is 0 Å². The number of aromatic nitrogens is 1. The maximum atomic E-state index is 5.94. The van der Waals surface area contributed by atoms with Gasteiger partial charge in [0.1, 0.15) is 0 Å². The van der Waals surface area contributed by atoms with Crippen molar-refractivity contribution in [3.05, 3.63) is 30.1 Å². The highest BCUT2D eigenvalue weighted by atomic mass is 16.5. The predicted octanol–water partition coefficient (Wildman–Crippen LogP) is 1.58. The molecular weight excluding hydrogens is 226 g/mol. The zero-order valence-corrected chi connectivity index (χ0v) is 11.1. The Balaban J connectivity index is 1.95. The van der Waals surface area contributed by atoms with E-state index >= 15 is 0 Å². The molecule has 1 aliphatic heterocycles. The molecule has 2 heterocycles. The molecule has 0 aromatic carbocycles. The van der Waals surface area contributed by atoms with Gasteiger partial charge in [0.15, 0.2) is 0 Å². The van der Waals surface area contributed by atoms with Crippen LogP contribution in [0.15, 0.2) is 24.5 Å². The Hall–Kier alpha value is -0.970. The Morgan fingerprint density at radius 1 is 1.39 bits per heavy atom. The monoisotopic (exact) mass is 249 g/mol. The molecule has 1 saturated heterocycles. The van der Waals surface area contributed by atoms with E-state index in [1.165, 1.54) is 5.56 Å². The summed E-state index contributed by atoms with van der Waals surface area (Å²) in [6, 6.07) is 4.44. The lowest BCUT2D eigenvalue weighted by molar-refractivity contribution is 0.00451. The number of nitrogens with zero attached hydrogens (tertiary/aromatic N) is 2. The fourth-order valence-corrected chi connectivity index (χ4v) is 2.67. The normalized spacial score (nSPS) is 19.9. The molecule has 1 aromatic rings. The van der Waals surface area contributed by atoms with Gasteiger partial charge in [-0.05, 0) is 37.5 Å². The third-order valence-corrected chi connectivity index (χ3v) is 3.63. The second kappa shape index (κ2) is 6.83. The summed E-state index contributed by atoms with van der Waals surface area (Å²) in [5.41, 5.74) is 7.20. The molecule has 0 aliphatic carbocycles. The number of rotatable bonds is 5. The molecule has 1 aromatic heterocycles. The molecule has 1 atom stereocenters. The van der Waals surface area contributed by atoms with Gasteiger partial charge in [-0.3, -0.25) is 9.88 Å². The number of pyridine rings is 1. The van der Waals surface area contributed by atoms with Gasteiger partial charge in [0.25, 0.3) is 0 Å². The Labute approximate surface area is 109 Å². The number of nitrogens with two attached hydrogens (primary N) is 1. The molecule has 4 nitrogen and oxygen atoms in total. The van der Waals surface area contributed by atoms with E-state index in [2.05, 4.69) is 28.9 Å². The number of hydrogen-bond donors (Lipinski definition) is 1. The lowest BCUT2D eigenvalue weighted by atomic mass is 10.0. The van der Waals surface area contributed by atoms with Crippen molar-refractivity contribution in [2.45, 2.75) is 31.9 Å². The average Bonchev–Trinajstić information content (AvgIpc) is 2.43. The number of likely N-dealkylation sites (tertiary alicyclic amines) is 1. The molecule has 100 valence electrons. The smallest absolute Gasteiger partial charge is 0.0599 e. The van der Waals surface area contributed by atoms with Crippen LogP contribution in [0, 0.1) is 0 Å². The number of piperidine rings is 1. The Kier molecular flexibility index (Phi) is 5.11. The summed E-state index contributed by atoms with van der Waals surface area (Å²) in [5.74, 6) is 0. The van der Waals surface area contributed by atoms with Gasteiger partial charge in [-0.15, -0.1) is 0 Å². The van der Waals surface area contributed by atoms with Crippen LogP contribution < -0.4 is 5.73 Å². The molecule has 1 aliphatic rings. The largest absolute Gasteiger partial charge is 0.378 e. The highest BCUT2D eigenvalue weighted by Crippen LogP contribution is 2.24. The zero-order chi connectivity index (χ0) is 12.8. The zero-order valence-electron chi connectivity index (χ0n) is 11.1. The van der Waals surface area contributed by atoms with Gasteiger partial charge in [0.2, 0.25) is 0 Å². The molecule has 4 heteroatoms. The first-order valence-electron chi connectivity index (χ1n) is 6.80. The maximum absolute atomic E-state index is 5.94. The maximum Gasteiger partial charge on any atom is 0.0599 e. The first kappa shape index (κ1) is 13.5. The minimum atomic E-state index is 0.315. The van der Waals surface area contributed by atoms with Crippen molar-refractivity contribution in [1.29, 1.82) is 0 Å². The second-order valence-electron chi connectivity index (χ2n) is 4.72. The molecule has 1 fully saturated rings. The van der Waals surface area contributed by atoms with Crippen molar-refractivity contribution in [2.75, 3.05) is 26.2 Å². The summed E-state index contributed by atoms with van der Waals surface area (Å²) >= 11 is 0. The first-order valence-corrected chi connectivity index (χ1v) is 6.80.